The van der Waals surface area contributed by atoms with Gasteiger partial charge in [-0.05, 0) is 51.1 Å². The minimum Gasteiger partial charge on any atom is -0.380 e. The Morgan fingerprint density at radius 2 is 2.00 bits per heavy atom. The Bertz CT molecular complexity index is 507. The normalized spacial score (nSPS) is 21.3. The molecule has 0 saturated carbocycles. The van der Waals surface area contributed by atoms with Crippen molar-refractivity contribution in [2.45, 2.75) is 36.8 Å². The third-order valence-corrected chi connectivity index (χ3v) is 4.78. The van der Waals surface area contributed by atoms with E-state index < -0.39 is 10.0 Å². The Balaban J connectivity index is 2.02. The van der Waals surface area contributed by atoms with Crippen LogP contribution in [0.1, 0.15) is 19.8 Å². The van der Waals surface area contributed by atoms with Crippen LogP contribution in [0.15, 0.2) is 29.2 Å². The predicted octanol–water partition coefficient (Wildman–Crippen LogP) is 1.57. The van der Waals surface area contributed by atoms with Gasteiger partial charge in [0.25, 0.3) is 0 Å². The van der Waals surface area contributed by atoms with E-state index in [0.29, 0.717) is 0 Å². The van der Waals surface area contributed by atoms with Crippen LogP contribution in [0.5, 0.6) is 0 Å². The summed E-state index contributed by atoms with van der Waals surface area (Å²) in [5, 5.41) is 3.34. The van der Waals surface area contributed by atoms with Crippen molar-refractivity contribution in [1.82, 2.24) is 4.72 Å². The molecule has 1 fully saturated rings. The number of sulfonamides is 1. The lowest BCUT2D eigenvalue weighted by molar-refractivity contribution is 0.0996. The van der Waals surface area contributed by atoms with E-state index in [1.807, 2.05) is 0 Å². The number of hydrogen-bond donors (Lipinski definition) is 2. The number of anilines is 1. The Morgan fingerprint density at radius 1 is 1.32 bits per heavy atom. The van der Waals surface area contributed by atoms with E-state index in [0.717, 1.165) is 25.1 Å². The second-order valence-electron chi connectivity index (χ2n) is 4.72. The van der Waals surface area contributed by atoms with Crippen LogP contribution in [0, 0.1) is 0 Å². The minimum atomic E-state index is -3.36. The topological polar surface area (TPSA) is 67.4 Å². The Kier molecular flexibility index (Phi) is 4.44. The van der Waals surface area contributed by atoms with E-state index in [-0.39, 0.29) is 17.0 Å². The molecule has 0 radical (unpaired) electrons. The van der Waals surface area contributed by atoms with Gasteiger partial charge in [0, 0.05) is 18.3 Å². The van der Waals surface area contributed by atoms with Gasteiger partial charge in [0.1, 0.15) is 0 Å². The van der Waals surface area contributed by atoms with Gasteiger partial charge < -0.3 is 10.1 Å². The van der Waals surface area contributed by atoms with Crippen LogP contribution >= 0.6 is 0 Å². The van der Waals surface area contributed by atoms with E-state index >= 15 is 0 Å². The van der Waals surface area contributed by atoms with Crippen LogP contribution in [0.4, 0.5) is 5.69 Å². The number of hydrogen-bond acceptors (Lipinski definition) is 4. The molecule has 1 aromatic rings. The van der Waals surface area contributed by atoms with Gasteiger partial charge in [0.15, 0.2) is 0 Å². The number of nitrogens with one attached hydrogen (secondary N) is 2. The maximum atomic E-state index is 11.6. The molecule has 1 aliphatic heterocycles. The molecule has 1 aromatic carbocycles. The smallest absolute Gasteiger partial charge is 0.240 e. The number of ether oxygens (including phenoxy) is 1. The van der Waals surface area contributed by atoms with Crippen LogP contribution < -0.4 is 10.0 Å². The molecule has 5 nitrogen and oxygen atoms in total. The molecular weight excluding hydrogens is 264 g/mol. The van der Waals surface area contributed by atoms with Crippen molar-refractivity contribution in [3.63, 3.8) is 0 Å². The summed E-state index contributed by atoms with van der Waals surface area (Å²) < 4.78 is 31.1. The van der Waals surface area contributed by atoms with E-state index in [2.05, 4.69) is 17.0 Å². The van der Waals surface area contributed by atoms with Gasteiger partial charge in [-0.25, -0.2) is 13.1 Å². The average Bonchev–Trinajstić information content (AvgIpc) is 2.93. The first-order valence-electron chi connectivity index (χ1n) is 6.44. The molecule has 1 saturated heterocycles. The van der Waals surface area contributed by atoms with Gasteiger partial charge in [-0.2, -0.15) is 0 Å². The molecule has 0 amide bonds. The molecule has 1 aliphatic rings. The summed E-state index contributed by atoms with van der Waals surface area (Å²) >= 11 is 0. The van der Waals surface area contributed by atoms with Crippen LogP contribution in [0.2, 0.25) is 0 Å². The van der Waals surface area contributed by atoms with Crippen molar-refractivity contribution in [1.29, 1.82) is 0 Å². The fraction of sp³-hybridized carbons (Fsp3) is 0.538. The van der Waals surface area contributed by atoms with Gasteiger partial charge in [0.05, 0.1) is 11.0 Å². The summed E-state index contributed by atoms with van der Waals surface area (Å²) in [5.74, 6) is 0. The highest BCUT2D eigenvalue weighted by Gasteiger charge is 2.22. The second kappa shape index (κ2) is 5.90. The molecule has 2 N–H and O–H groups in total. The van der Waals surface area contributed by atoms with Gasteiger partial charge in [-0.1, -0.05) is 0 Å². The van der Waals surface area contributed by atoms with E-state index in [1.54, 1.807) is 24.3 Å². The highest BCUT2D eigenvalue weighted by molar-refractivity contribution is 7.89. The summed E-state index contributed by atoms with van der Waals surface area (Å²) in [4.78, 5) is 0.269. The standard InChI is InChI=1S/C13H20N2O3S/c1-10(13-4-3-9-18-13)15-11-5-7-12(8-6-11)19(16,17)14-2/h5-8,10,13-15H,3-4,9H2,1-2H3. The Hall–Kier alpha value is -1.11. The highest BCUT2D eigenvalue weighted by atomic mass is 32.2. The lowest BCUT2D eigenvalue weighted by atomic mass is 10.1. The summed E-state index contributed by atoms with van der Waals surface area (Å²) in [6, 6.07) is 6.95. The van der Waals surface area contributed by atoms with Gasteiger partial charge in [0.2, 0.25) is 10.0 Å². The van der Waals surface area contributed by atoms with Crippen molar-refractivity contribution in [3.8, 4) is 0 Å². The molecule has 19 heavy (non-hydrogen) atoms. The predicted molar refractivity (Wildman–Crippen MR) is 74.7 cm³/mol. The highest BCUT2D eigenvalue weighted by Crippen LogP contribution is 2.20. The molecule has 0 bridgehead atoms. The van der Waals surface area contributed by atoms with Crippen LogP contribution in [0.25, 0.3) is 0 Å². The van der Waals surface area contributed by atoms with E-state index in [9.17, 15) is 8.42 Å². The zero-order valence-corrected chi connectivity index (χ0v) is 12.0. The molecule has 1 heterocycles. The van der Waals surface area contributed by atoms with Gasteiger partial charge in [-0.3, -0.25) is 0 Å². The van der Waals surface area contributed by atoms with Gasteiger partial charge >= 0.3 is 0 Å². The summed E-state index contributed by atoms with van der Waals surface area (Å²) in [6.07, 6.45) is 2.41. The maximum absolute atomic E-state index is 11.6. The lowest BCUT2D eigenvalue weighted by Crippen LogP contribution is -2.30. The maximum Gasteiger partial charge on any atom is 0.240 e. The Morgan fingerprint density at radius 3 is 2.53 bits per heavy atom. The zero-order valence-electron chi connectivity index (χ0n) is 11.2. The molecule has 0 aromatic heterocycles. The summed E-state index contributed by atoms with van der Waals surface area (Å²) in [6.45, 7) is 2.91. The third kappa shape index (κ3) is 3.46. The fourth-order valence-corrected chi connectivity index (χ4v) is 2.93. The van der Waals surface area contributed by atoms with Crippen molar-refractivity contribution < 1.29 is 13.2 Å². The van der Waals surface area contributed by atoms with Crippen molar-refractivity contribution in [2.75, 3.05) is 19.0 Å². The van der Waals surface area contributed by atoms with E-state index in [1.165, 1.54) is 7.05 Å². The zero-order chi connectivity index (χ0) is 13.9. The van der Waals surface area contributed by atoms with Crippen molar-refractivity contribution in [3.05, 3.63) is 24.3 Å². The largest absolute Gasteiger partial charge is 0.380 e. The van der Waals surface area contributed by atoms with Gasteiger partial charge in [-0.15, -0.1) is 0 Å². The molecule has 0 aliphatic carbocycles. The molecule has 106 valence electrons. The average molecular weight is 284 g/mol. The lowest BCUT2D eigenvalue weighted by Gasteiger charge is -2.21. The quantitative estimate of drug-likeness (QED) is 0.861. The van der Waals surface area contributed by atoms with Crippen LogP contribution in [-0.4, -0.2) is 34.2 Å². The first-order chi connectivity index (χ1) is 9.03. The molecule has 0 spiro atoms. The van der Waals surface area contributed by atoms with Crippen molar-refractivity contribution >= 4 is 15.7 Å². The van der Waals surface area contributed by atoms with E-state index in [4.69, 9.17) is 4.74 Å². The number of benzene rings is 1. The molecule has 2 rings (SSSR count). The number of rotatable bonds is 5. The second-order valence-corrected chi connectivity index (χ2v) is 6.60. The van der Waals surface area contributed by atoms with Crippen LogP contribution in [-0.2, 0) is 14.8 Å². The summed E-state index contributed by atoms with van der Waals surface area (Å²) in [5.41, 5.74) is 0.901. The summed E-state index contributed by atoms with van der Waals surface area (Å²) in [7, 11) is -1.96. The SMILES string of the molecule is CNS(=O)(=O)c1ccc(NC(C)C2CCCO2)cc1. The third-order valence-electron chi connectivity index (χ3n) is 3.35. The monoisotopic (exact) mass is 284 g/mol. The fourth-order valence-electron chi connectivity index (χ4n) is 2.20. The van der Waals surface area contributed by atoms with Crippen molar-refractivity contribution in [2.24, 2.45) is 0 Å². The van der Waals surface area contributed by atoms with Crippen LogP contribution in [0.3, 0.4) is 0 Å². The molecule has 2 atom stereocenters. The molecule has 2 unspecified atom stereocenters. The Labute approximate surface area is 114 Å². The first kappa shape index (κ1) is 14.3. The first-order valence-corrected chi connectivity index (χ1v) is 7.93. The minimum absolute atomic E-state index is 0.217. The molecular formula is C13H20N2O3S. The molecule has 6 heteroatoms.